The average Bonchev–Trinajstić information content (AvgIpc) is 2.77. The molecule has 5 nitrogen and oxygen atoms in total. The normalized spacial score (nSPS) is 10.6. The minimum Gasteiger partial charge on any atom is -0.508 e. The first-order chi connectivity index (χ1) is 8.28. The van der Waals surface area contributed by atoms with Gasteiger partial charge in [0.1, 0.15) is 5.75 Å². The topological polar surface area (TPSA) is 85.2 Å². The number of phenols is 1. The van der Waals surface area contributed by atoms with Gasteiger partial charge in [-0.25, -0.2) is 0 Å². The first-order valence-electron chi connectivity index (χ1n) is 5.57. The highest BCUT2D eigenvalue weighted by molar-refractivity contribution is 5.26. The van der Waals surface area contributed by atoms with Crippen molar-refractivity contribution in [2.45, 2.75) is 19.3 Å². The summed E-state index contributed by atoms with van der Waals surface area (Å²) in [6, 6.07) is 7.10. The van der Waals surface area contributed by atoms with Gasteiger partial charge >= 0.3 is 0 Å². The highest BCUT2D eigenvalue weighted by Gasteiger charge is 2.05. The summed E-state index contributed by atoms with van der Waals surface area (Å²) < 4.78 is 5.42. The van der Waals surface area contributed by atoms with E-state index in [-0.39, 0.29) is 5.75 Å². The zero-order valence-corrected chi connectivity index (χ0v) is 9.47. The summed E-state index contributed by atoms with van der Waals surface area (Å²) in [5.74, 6) is 1.49. The number of aromatic hydroxyl groups is 1. The highest BCUT2D eigenvalue weighted by atomic mass is 16.4. The number of aromatic nitrogens is 2. The molecule has 0 radical (unpaired) electrons. The van der Waals surface area contributed by atoms with Crippen molar-refractivity contribution >= 4 is 0 Å². The summed E-state index contributed by atoms with van der Waals surface area (Å²) in [6.45, 7) is 0.513. The lowest BCUT2D eigenvalue weighted by Gasteiger charge is -1.98. The maximum absolute atomic E-state index is 9.15. The van der Waals surface area contributed by atoms with E-state index in [0.717, 1.165) is 12.0 Å². The van der Waals surface area contributed by atoms with Crippen LogP contribution in [0.4, 0.5) is 0 Å². The van der Waals surface area contributed by atoms with E-state index >= 15 is 0 Å². The van der Waals surface area contributed by atoms with Crippen LogP contribution >= 0.6 is 0 Å². The third-order valence-electron chi connectivity index (χ3n) is 2.43. The second-order valence-electron chi connectivity index (χ2n) is 3.79. The van der Waals surface area contributed by atoms with Crippen molar-refractivity contribution < 1.29 is 9.52 Å². The van der Waals surface area contributed by atoms with Gasteiger partial charge in [0.15, 0.2) is 0 Å². The van der Waals surface area contributed by atoms with E-state index in [1.165, 1.54) is 0 Å². The standard InChI is InChI=1S/C12H15N3O2/c13-8-7-12-15-14-11(17-12)6-3-9-1-4-10(16)5-2-9/h1-2,4-5,16H,3,6-8,13H2. The molecule has 0 saturated heterocycles. The monoisotopic (exact) mass is 233 g/mol. The first kappa shape index (κ1) is 11.6. The molecule has 0 amide bonds. The van der Waals surface area contributed by atoms with E-state index in [4.69, 9.17) is 15.3 Å². The molecule has 0 aliphatic carbocycles. The van der Waals surface area contributed by atoms with E-state index in [1.54, 1.807) is 12.1 Å². The summed E-state index contributed by atoms with van der Waals surface area (Å²) in [4.78, 5) is 0. The van der Waals surface area contributed by atoms with Crippen LogP contribution in [-0.2, 0) is 19.3 Å². The summed E-state index contributed by atoms with van der Waals surface area (Å²) >= 11 is 0. The minimum atomic E-state index is 0.275. The van der Waals surface area contributed by atoms with E-state index in [2.05, 4.69) is 10.2 Å². The predicted octanol–water partition coefficient (Wildman–Crippen LogP) is 1.06. The van der Waals surface area contributed by atoms with Crippen molar-refractivity contribution in [1.82, 2.24) is 10.2 Å². The number of hydrogen-bond acceptors (Lipinski definition) is 5. The van der Waals surface area contributed by atoms with Gasteiger partial charge in [-0.05, 0) is 24.1 Å². The number of nitrogens with two attached hydrogens (primary N) is 1. The fourth-order valence-corrected chi connectivity index (χ4v) is 1.53. The zero-order chi connectivity index (χ0) is 12.1. The molecule has 1 aromatic heterocycles. The molecule has 0 aliphatic rings. The molecule has 0 saturated carbocycles. The molecule has 0 atom stereocenters. The molecule has 0 spiro atoms. The summed E-state index contributed by atoms with van der Waals surface area (Å²) in [5.41, 5.74) is 6.52. The maximum Gasteiger partial charge on any atom is 0.217 e. The Labute approximate surface area is 99.3 Å². The van der Waals surface area contributed by atoms with Crippen LogP contribution in [0.15, 0.2) is 28.7 Å². The van der Waals surface area contributed by atoms with Crippen LogP contribution in [-0.4, -0.2) is 21.8 Å². The lowest BCUT2D eigenvalue weighted by atomic mass is 10.1. The van der Waals surface area contributed by atoms with Gasteiger partial charge in [0.05, 0.1) is 0 Å². The lowest BCUT2D eigenvalue weighted by molar-refractivity contribution is 0.449. The van der Waals surface area contributed by atoms with Crippen LogP contribution in [0.2, 0.25) is 0 Å². The average molecular weight is 233 g/mol. The zero-order valence-electron chi connectivity index (χ0n) is 9.47. The lowest BCUT2D eigenvalue weighted by Crippen LogP contribution is -2.02. The van der Waals surface area contributed by atoms with Gasteiger partial charge in [0.25, 0.3) is 0 Å². The number of phenolic OH excluding ortho intramolecular Hbond substituents is 1. The predicted molar refractivity (Wildman–Crippen MR) is 62.6 cm³/mol. The van der Waals surface area contributed by atoms with Crippen molar-refractivity contribution in [2.24, 2.45) is 5.73 Å². The molecular formula is C12H15N3O2. The van der Waals surface area contributed by atoms with Gasteiger partial charge in [-0.3, -0.25) is 0 Å². The van der Waals surface area contributed by atoms with E-state index in [1.807, 2.05) is 12.1 Å². The quantitative estimate of drug-likeness (QED) is 0.806. The molecule has 0 unspecified atom stereocenters. The number of rotatable bonds is 5. The Balaban J connectivity index is 1.90. The van der Waals surface area contributed by atoms with Crippen molar-refractivity contribution in [3.05, 3.63) is 41.6 Å². The van der Waals surface area contributed by atoms with Crippen LogP contribution in [0.3, 0.4) is 0 Å². The molecule has 1 aromatic carbocycles. The molecular weight excluding hydrogens is 218 g/mol. The Kier molecular flexibility index (Phi) is 3.72. The number of aryl methyl sites for hydroxylation is 2. The van der Waals surface area contributed by atoms with Crippen molar-refractivity contribution in [3.8, 4) is 5.75 Å². The largest absolute Gasteiger partial charge is 0.508 e. The van der Waals surface area contributed by atoms with Crippen LogP contribution in [0, 0.1) is 0 Å². The molecule has 1 heterocycles. The fourth-order valence-electron chi connectivity index (χ4n) is 1.53. The van der Waals surface area contributed by atoms with Gasteiger partial charge in [-0.1, -0.05) is 12.1 Å². The molecule has 3 N–H and O–H groups in total. The van der Waals surface area contributed by atoms with Crippen molar-refractivity contribution in [3.63, 3.8) is 0 Å². The summed E-state index contributed by atoms with van der Waals surface area (Å²) in [5, 5.41) is 17.0. The fraction of sp³-hybridized carbons (Fsp3) is 0.333. The molecule has 5 heteroatoms. The summed E-state index contributed by atoms with van der Waals surface area (Å²) in [7, 11) is 0. The summed E-state index contributed by atoms with van der Waals surface area (Å²) in [6.07, 6.45) is 2.12. The van der Waals surface area contributed by atoms with E-state index < -0.39 is 0 Å². The van der Waals surface area contributed by atoms with Gasteiger partial charge in [0.2, 0.25) is 11.8 Å². The molecule has 17 heavy (non-hydrogen) atoms. The van der Waals surface area contributed by atoms with Gasteiger partial charge < -0.3 is 15.3 Å². The van der Waals surface area contributed by atoms with Gasteiger partial charge in [0, 0.05) is 19.4 Å². The Morgan fingerprint density at radius 2 is 1.65 bits per heavy atom. The van der Waals surface area contributed by atoms with E-state index in [0.29, 0.717) is 31.2 Å². The smallest absolute Gasteiger partial charge is 0.217 e. The van der Waals surface area contributed by atoms with Crippen LogP contribution in [0.1, 0.15) is 17.3 Å². The van der Waals surface area contributed by atoms with Gasteiger partial charge in [-0.2, -0.15) is 0 Å². The highest BCUT2D eigenvalue weighted by Crippen LogP contribution is 2.12. The number of nitrogens with zero attached hydrogens (tertiary/aromatic N) is 2. The van der Waals surface area contributed by atoms with E-state index in [9.17, 15) is 0 Å². The Hall–Kier alpha value is -1.88. The second kappa shape index (κ2) is 5.45. The van der Waals surface area contributed by atoms with Gasteiger partial charge in [-0.15, -0.1) is 10.2 Å². The molecule has 90 valence electrons. The number of benzene rings is 1. The third kappa shape index (κ3) is 3.29. The Morgan fingerprint density at radius 1 is 1.00 bits per heavy atom. The SMILES string of the molecule is NCCc1nnc(CCc2ccc(O)cc2)o1. The van der Waals surface area contributed by atoms with Crippen LogP contribution in [0.5, 0.6) is 5.75 Å². The second-order valence-corrected chi connectivity index (χ2v) is 3.79. The van der Waals surface area contributed by atoms with Crippen molar-refractivity contribution in [1.29, 1.82) is 0 Å². The molecule has 2 aromatic rings. The Morgan fingerprint density at radius 3 is 2.29 bits per heavy atom. The Bertz CT molecular complexity index is 465. The molecule has 2 rings (SSSR count). The molecule has 0 aliphatic heterocycles. The first-order valence-corrected chi connectivity index (χ1v) is 5.57. The number of hydrogen-bond donors (Lipinski definition) is 2. The van der Waals surface area contributed by atoms with Crippen LogP contribution < -0.4 is 5.73 Å². The minimum absolute atomic E-state index is 0.275. The molecule has 0 bridgehead atoms. The van der Waals surface area contributed by atoms with Crippen LogP contribution in [0.25, 0.3) is 0 Å². The van der Waals surface area contributed by atoms with Crippen molar-refractivity contribution in [2.75, 3.05) is 6.54 Å². The third-order valence-corrected chi connectivity index (χ3v) is 2.43. The molecule has 0 fully saturated rings. The maximum atomic E-state index is 9.15.